The Morgan fingerprint density at radius 3 is 2.43 bits per heavy atom. The van der Waals surface area contributed by atoms with Gasteiger partial charge >= 0.3 is 5.97 Å². The van der Waals surface area contributed by atoms with Crippen LogP contribution in [0.3, 0.4) is 0 Å². The minimum absolute atomic E-state index is 0.270. The second-order valence-corrected chi connectivity index (χ2v) is 4.89. The third kappa shape index (κ3) is 1.31. The lowest BCUT2D eigenvalue weighted by Gasteiger charge is -2.22. The highest BCUT2D eigenvalue weighted by Crippen LogP contribution is 2.40. The van der Waals surface area contributed by atoms with Crippen LogP contribution in [-0.2, 0) is 4.79 Å². The summed E-state index contributed by atoms with van der Waals surface area (Å²) >= 11 is 10.6. The van der Waals surface area contributed by atoms with Crippen molar-refractivity contribution in [3.8, 4) is 0 Å². The molecule has 0 bridgehead atoms. The van der Waals surface area contributed by atoms with Crippen molar-refractivity contribution in [3.63, 3.8) is 0 Å². The Bertz CT molecular complexity index is 311. The lowest BCUT2D eigenvalue weighted by Crippen LogP contribution is -2.33. The molecule has 14 heavy (non-hydrogen) atoms. The molecule has 1 saturated heterocycles. The van der Waals surface area contributed by atoms with Crippen molar-refractivity contribution in [2.45, 2.75) is 25.3 Å². The zero-order valence-corrected chi connectivity index (χ0v) is 9.21. The van der Waals surface area contributed by atoms with Gasteiger partial charge in [-0.2, -0.15) is 0 Å². The minimum atomic E-state index is -0.806. The largest absolute Gasteiger partial charge is 0.480 e. The molecule has 5 heteroatoms. The highest BCUT2D eigenvalue weighted by molar-refractivity contribution is 7.82. The summed E-state index contributed by atoms with van der Waals surface area (Å²) in [4.78, 5) is 12.7. The van der Waals surface area contributed by atoms with Crippen molar-refractivity contribution in [1.82, 2.24) is 5.32 Å². The lowest BCUT2D eigenvalue weighted by molar-refractivity contribution is -0.139. The van der Waals surface area contributed by atoms with Crippen LogP contribution >= 0.6 is 24.4 Å². The maximum Gasteiger partial charge on any atom is 0.320 e. The van der Waals surface area contributed by atoms with Crippen LogP contribution in [0.4, 0.5) is 0 Å². The number of thiocarbonyl (C=S) groups is 2. The van der Waals surface area contributed by atoms with E-state index < -0.39 is 12.0 Å². The number of carboxylic acid groups (broad SMARTS) is 1. The fraction of sp³-hybridized carbons (Fsp3) is 0.667. The van der Waals surface area contributed by atoms with Gasteiger partial charge in [-0.1, -0.05) is 24.4 Å². The molecule has 0 aromatic heterocycles. The monoisotopic (exact) mass is 229 g/mol. The normalized spacial score (nSPS) is 30.1. The average Bonchev–Trinajstić information content (AvgIpc) is 2.68. The van der Waals surface area contributed by atoms with Crippen molar-refractivity contribution in [3.05, 3.63) is 0 Å². The zero-order chi connectivity index (χ0) is 10.3. The van der Waals surface area contributed by atoms with E-state index in [2.05, 4.69) is 5.32 Å². The van der Waals surface area contributed by atoms with Crippen LogP contribution in [-0.4, -0.2) is 33.4 Å². The standard InChI is InChI=1S/C9H11NO2S2/c11-8(12)5-3-9(4-10-5)6(13)1-2-7(9)14/h5,10H,1-4H2,(H,11,12). The number of carboxylic acids is 1. The van der Waals surface area contributed by atoms with Gasteiger partial charge in [-0.3, -0.25) is 4.79 Å². The van der Waals surface area contributed by atoms with Crippen molar-refractivity contribution in [2.24, 2.45) is 5.41 Å². The van der Waals surface area contributed by atoms with Crippen molar-refractivity contribution in [1.29, 1.82) is 0 Å². The molecule has 2 rings (SSSR count). The fourth-order valence-corrected chi connectivity index (χ4v) is 3.08. The van der Waals surface area contributed by atoms with Crippen LogP contribution in [0.25, 0.3) is 0 Å². The molecule has 1 saturated carbocycles. The van der Waals surface area contributed by atoms with Crippen molar-refractivity contribution < 1.29 is 9.90 Å². The molecule has 1 aliphatic heterocycles. The Labute approximate surface area is 92.9 Å². The van der Waals surface area contributed by atoms with Gasteiger partial charge in [0.1, 0.15) is 6.04 Å². The number of hydrogen-bond acceptors (Lipinski definition) is 4. The molecule has 1 aliphatic carbocycles. The van der Waals surface area contributed by atoms with Gasteiger partial charge < -0.3 is 10.4 Å². The smallest absolute Gasteiger partial charge is 0.320 e. The van der Waals surface area contributed by atoms with Crippen LogP contribution in [0.15, 0.2) is 0 Å². The SMILES string of the molecule is O=C(O)C1CC2(CN1)C(=S)CCC2=S. The molecule has 1 atom stereocenters. The molecule has 2 N–H and O–H groups in total. The predicted molar refractivity (Wildman–Crippen MR) is 60.9 cm³/mol. The summed E-state index contributed by atoms with van der Waals surface area (Å²) in [5.74, 6) is -0.806. The van der Waals surface area contributed by atoms with Crippen molar-refractivity contribution >= 4 is 40.1 Å². The molecule has 3 nitrogen and oxygen atoms in total. The maximum atomic E-state index is 10.8. The van der Waals surface area contributed by atoms with E-state index in [-0.39, 0.29) is 5.41 Å². The first-order chi connectivity index (χ1) is 6.56. The van der Waals surface area contributed by atoms with Crippen LogP contribution < -0.4 is 5.32 Å². The summed E-state index contributed by atoms with van der Waals surface area (Å²) in [6.45, 7) is 0.613. The first-order valence-electron chi connectivity index (χ1n) is 4.59. The van der Waals surface area contributed by atoms with Crippen LogP contribution in [0.1, 0.15) is 19.3 Å². The number of aliphatic carboxylic acids is 1. The van der Waals surface area contributed by atoms with Gasteiger partial charge in [0.2, 0.25) is 0 Å². The third-order valence-corrected chi connectivity index (χ3v) is 4.34. The zero-order valence-electron chi connectivity index (χ0n) is 7.58. The number of rotatable bonds is 1. The predicted octanol–water partition coefficient (Wildman–Crippen LogP) is 0.953. The molecular formula is C9H11NO2S2. The molecule has 2 fully saturated rings. The van der Waals surface area contributed by atoms with Crippen LogP contribution in [0.2, 0.25) is 0 Å². The molecule has 1 heterocycles. The Hall–Kier alpha value is -0.390. The van der Waals surface area contributed by atoms with Gasteiger partial charge in [-0.15, -0.1) is 0 Å². The van der Waals surface area contributed by atoms with E-state index in [4.69, 9.17) is 29.5 Å². The van der Waals surface area contributed by atoms with Crippen LogP contribution in [0, 0.1) is 5.41 Å². The summed E-state index contributed by atoms with van der Waals surface area (Å²) in [6, 6.07) is -0.482. The molecule has 0 radical (unpaired) electrons. The quantitative estimate of drug-likeness (QED) is 0.656. The van der Waals surface area contributed by atoms with E-state index in [0.717, 1.165) is 22.6 Å². The van der Waals surface area contributed by atoms with E-state index in [1.165, 1.54) is 0 Å². The maximum absolute atomic E-state index is 10.8. The molecule has 1 spiro atoms. The highest BCUT2D eigenvalue weighted by Gasteiger charge is 2.50. The molecule has 0 amide bonds. The lowest BCUT2D eigenvalue weighted by atomic mass is 9.83. The Morgan fingerprint density at radius 1 is 1.43 bits per heavy atom. The molecular weight excluding hydrogens is 218 g/mol. The minimum Gasteiger partial charge on any atom is -0.480 e. The van der Waals surface area contributed by atoms with Crippen molar-refractivity contribution in [2.75, 3.05) is 6.54 Å². The Morgan fingerprint density at radius 2 is 2.00 bits per heavy atom. The molecule has 0 aromatic carbocycles. The molecule has 2 aliphatic rings. The average molecular weight is 229 g/mol. The summed E-state index contributed by atoms with van der Waals surface area (Å²) in [7, 11) is 0. The van der Waals surface area contributed by atoms with Crippen LogP contribution in [0.5, 0.6) is 0 Å². The summed E-state index contributed by atoms with van der Waals surface area (Å²) < 4.78 is 0. The van der Waals surface area contributed by atoms with Gasteiger partial charge in [0, 0.05) is 21.7 Å². The molecule has 76 valence electrons. The molecule has 1 unspecified atom stereocenters. The van der Waals surface area contributed by atoms with E-state index in [9.17, 15) is 4.79 Å². The Kier molecular flexibility index (Phi) is 2.41. The highest BCUT2D eigenvalue weighted by atomic mass is 32.1. The Balaban J connectivity index is 2.23. The van der Waals surface area contributed by atoms with E-state index >= 15 is 0 Å². The van der Waals surface area contributed by atoms with Gasteiger partial charge in [0.15, 0.2) is 0 Å². The number of hydrogen-bond donors (Lipinski definition) is 2. The van der Waals surface area contributed by atoms with Gasteiger partial charge in [0.25, 0.3) is 0 Å². The first-order valence-corrected chi connectivity index (χ1v) is 5.41. The summed E-state index contributed by atoms with van der Waals surface area (Å²) in [5.41, 5.74) is -0.270. The van der Waals surface area contributed by atoms with Gasteiger partial charge in [-0.25, -0.2) is 0 Å². The van der Waals surface area contributed by atoms with Gasteiger partial charge in [0.05, 0.1) is 0 Å². The van der Waals surface area contributed by atoms with Gasteiger partial charge in [-0.05, 0) is 19.3 Å². The second kappa shape index (κ2) is 3.32. The number of nitrogens with one attached hydrogen (secondary N) is 1. The topological polar surface area (TPSA) is 49.3 Å². The van der Waals surface area contributed by atoms with E-state index in [1.54, 1.807) is 0 Å². The molecule has 0 aromatic rings. The first kappa shape index (κ1) is 10.1. The summed E-state index contributed by atoms with van der Waals surface area (Å²) in [6.07, 6.45) is 2.24. The summed E-state index contributed by atoms with van der Waals surface area (Å²) in [5, 5.41) is 11.9. The van der Waals surface area contributed by atoms with E-state index in [0.29, 0.717) is 13.0 Å². The van der Waals surface area contributed by atoms with E-state index in [1.807, 2.05) is 0 Å². The third-order valence-electron chi connectivity index (χ3n) is 3.15. The second-order valence-electron chi connectivity index (χ2n) is 3.90. The fourth-order valence-electron chi connectivity index (χ4n) is 2.25. The number of carbonyl (C=O) groups is 1.